The van der Waals surface area contributed by atoms with Crippen LogP contribution in [0.3, 0.4) is 0 Å². The maximum Gasteiger partial charge on any atom is 0.226 e. The molecular weight excluding hydrogens is 266 g/mol. The maximum atomic E-state index is 10.1. The molecule has 1 atom stereocenters. The Balaban J connectivity index is 2.00. The molecule has 2 aromatic rings. The number of anilines is 1. The molecule has 6 heteroatoms. The van der Waals surface area contributed by atoms with Crippen molar-refractivity contribution in [3.05, 3.63) is 47.1 Å². The van der Waals surface area contributed by atoms with Crippen LogP contribution < -0.4 is 10.1 Å². The van der Waals surface area contributed by atoms with Gasteiger partial charge in [-0.15, -0.1) is 0 Å². The summed E-state index contributed by atoms with van der Waals surface area (Å²) in [5, 5.41) is 13.5. The number of aliphatic hydroxyl groups is 1. The number of rotatable bonds is 5. The molecule has 0 radical (unpaired) electrons. The van der Waals surface area contributed by atoms with E-state index in [1.165, 1.54) is 7.11 Å². The SMILES string of the molecule is COc1ccnc(NCC(O)c2ccccc2Cl)n1. The lowest BCUT2D eigenvalue weighted by molar-refractivity contribution is 0.191. The van der Waals surface area contributed by atoms with Crippen LogP contribution in [0.2, 0.25) is 5.02 Å². The van der Waals surface area contributed by atoms with Crippen LogP contribution in [0.4, 0.5) is 5.95 Å². The van der Waals surface area contributed by atoms with Gasteiger partial charge in [0.15, 0.2) is 0 Å². The van der Waals surface area contributed by atoms with Gasteiger partial charge in [0.2, 0.25) is 11.8 Å². The van der Waals surface area contributed by atoms with Crippen molar-refractivity contribution in [1.82, 2.24) is 9.97 Å². The highest BCUT2D eigenvalue weighted by Crippen LogP contribution is 2.22. The summed E-state index contributed by atoms with van der Waals surface area (Å²) in [6.45, 7) is 0.261. The van der Waals surface area contributed by atoms with Crippen molar-refractivity contribution in [3.63, 3.8) is 0 Å². The van der Waals surface area contributed by atoms with Crippen molar-refractivity contribution >= 4 is 17.5 Å². The van der Waals surface area contributed by atoms with Gasteiger partial charge in [0.1, 0.15) is 0 Å². The van der Waals surface area contributed by atoms with Crippen LogP contribution >= 0.6 is 11.6 Å². The van der Waals surface area contributed by atoms with E-state index in [1.54, 1.807) is 24.4 Å². The molecule has 1 unspecified atom stereocenters. The number of nitrogens with one attached hydrogen (secondary N) is 1. The fourth-order valence-electron chi connectivity index (χ4n) is 1.58. The highest BCUT2D eigenvalue weighted by Gasteiger charge is 2.11. The highest BCUT2D eigenvalue weighted by atomic mass is 35.5. The first-order valence-corrected chi connectivity index (χ1v) is 6.12. The standard InChI is InChI=1S/C13H14ClN3O2/c1-19-12-6-7-15-13(17-12)16-8-11(18)9-4-2-3-5-10(9)14/h2-7,11,18H,8H2,1H3,(H,15,16,17). The normalized spacial score (nSPS) is 11.9. The molecule has 0 bridgehead atoms. The summed E-state index contributed by atoms with van der Waals surface area (Å²) in [6.07, 6.45) is 0.847. The second kappa shape index (κ2) is 6.36. The molecule has 0 aliphatic carbocycles. The Hall–Kier alpha value is -1.85. The van der Waals surface area contributed by atoms with Gasteiger partial charge in [-0.1, -0.05) is 29.8 Å². The van der Waals surface area contributed by atoms with Crippen LogP contribution in [0.5, 0.6) is 5.88 Å². The number of nitrogens with zero attached hydrogens (tertiary/aromatic N) is 2. The summed E-state index contributed by atoms with van der Waals surface area (Å²) in [4.78, 5) is 8.12. The average Bonchev–Trinajstić information content (AvgIpc) is 2.45. The van der Waals surface area contributed by atoms with Crippen molar-refractivity contribution in [2.24, 2.45) is 0 Å². The molecule has 2 rings (SSSR count). The quantitative estimate of drug-likeness (QED) is 0.879. The van der Waals surface area contributed by atoms with Crippen LogP contribution in [0.1, 0.15) is 11.7 Å². The number of hydrogen-bond acceptors (Lipinski definition) is 5. The summed E-state index contributed by atoms with van der Waals surface area (Å²) in [6, 6.07) is 8.81. The molecule has 1 aromatic heterocycles. The molecule has 1 heterocycles. The van der Waals surface area contributed by atoms with E-state index in [0.717, 1.165) is 0 Å². The van der Waals surface area contributed by atoms with Gasteiger partial charge in [-0.25, -0.2) is 4.98 Å². The molecular formula is C13H14ClN3O2. The highest BCUT2D eigenvalue weighted by molar-refractivity contribution is 6.31. The van der Waals surface area contributed by atoms with E-state index < -0.39 is 6.10 Å². The van der Waals surface area contributed by atoms with E-state index in [2.05, 4.69) is 15.3 Å². The summed E-state index contributed by atoms with van der Waals surface area (Å²) in [5.74, 6) is 0.857. The second-order valence-electron chi connectivity index (χ2n) is 3.84. The van der Waals surface area contributed by atoms with E-state index in [4.69, 9.17) is 16.3 Å². The van der Waals surface area contributed by atoms with E-state index in [1.807, 2.05) is 12.1 Å². The zero-order valence-electron chi connectivity index (χ0n) is 10.4. The third kappa shape index (κ3) is 3.56. The van der Waals surface area contributed by atoms with Gasteiger partial charge in [0, 0.05) is 29.4 Å². The lowest BCUT2D eigenvalue weighted by Crippen LogP contribution is -2.14. The topological polar surface area (TPSA) is 67.3 Å². The van der Waals surface area contributed by atoms with E-state index in [-0.39, 0.29) is 6.54 Å². The van der Waals surface area contributed by atoms with Gasteiger partial charge >= 0.3 is 0 Å². The predicted octanol–water partition coefficient (Wildman–Crippen LogP) is 2.28. The fourth-order valence-corrected chi connectivity index (χ4v) is 1.85. The Labute approximate surface area is 116 Å². The monoisotopic (exact) mass is 279 g/mol. The molecule has 5 nitrogen and oxygen atoms in total. The minimum atomic E-state index is -0.733. The number of hydrogen-bond donors (Lipinski definition) is 2. The number of methoxy groups -OCH3 is 1. The molecule has 0 aliphatic heterocycles. The summed E-state index contributed by atoms with van der Waals surface area (Å²) < 4.78 is 4.99. The average molecular weight is 280 g/mol. The zero-order valence-corrected chi connectivity index (χ0v) is 11.1. The Morgan fingerprint density at radius 2 is 2.16 bits per heavy atom. The lowest BCUT2D eigenvalue weighted by Gasteiger charge is -2.13. The Morgan fingerprint density at radius 1 is 1.37 bits per heavy atom. The first-order valence-electron chi connectivity index (χ1n) is 5.74. The fraction of sp³-hybridized carbons (Fsp3) is 0.231. The van der Waals surface area contributed by atoms with Crippen molar-refractivity contribution in [3.8, 4) is 5.88 Å². The number of ether oxygens (including phenoxy) is 1. The Bertz CT molecular complexity index is 551. The molecule has 0 amide bonds. The van der Waals surface area contributed by atoms with Gasteiger partial charge < -0.3 is 15.2 Å². The largest absolute Gasteiger partial charge is 0.481 e. The van der Waals surface area contributed by atoms with Gasteiger partial charge in [-0.3, -0.25) is 0 Å². The third-order valence-corrected chi connectivity index (χ3v) is 2.90. The van der Waals surface area contributed by atoms with Crippen molar-refractivity contribution in [1.29, 1.82) is 0 Å². The summed E-state index contributed by atoms with van der Waals surface area (Å²) in [5.41, 5.74) is 0.666. The summed E-state index contributed by atoms with van der Waals surface area (Å²) in [7, 11) is 1.53. The molecule has 0 saturated carbocycles. The van der Waals surface area contributed by atoms with Gasteiger partial charge in [-0.2, -0.15) is 4.98 Å². The lowest BCUT2D eigenvalue weighted by atomic mass is 10.1. The second-order valence-corrected chi connectivity index (χ2v) is 4.25. The Kier molecular flexibility index (Phi) is 4.54. The van der Waals surface area contributed by atoms with E-state index >= 15 is 0 Å². The zero-order chi connectivity index (χ0) is 13.7. The molecule has 0 aliphatic rings. The number of halogens is 1. The number of aliphatic hydroxyl groups excluding tert-OH is 1. The smallest absolute Gasteiger partial charge is 0.226 e. The predicted molar refractivity (Wildman–Crippen MR) is 73.5 cm³/mol. The van der Waals surface area contributed by atoms with Crippen LogP contribution in [0, 0.1) is 0 Å². The van der Waals surface area contributed by atoms with Crippen molar-refractivity contribution < 1.29 is 9.84 Å². The molecule has 100 valence electrons. The van der Waals surface area contributed by atoms with Gasteiger partial charge in [0.05, 0.1) is 13.2 Å². The molecule has 0 spiro atoms. The van der Waals surface area contributed by atoms with Crippen molar-refractivity contribution in [2.45, 2.75) is 6.10 Å². The minimum Gasteiger partial charge on any atom is -0.481 e. The molecule has 0 fully saturated rings. The maximum absolute atomic E-state index is 10.1. The first-order chi connectivity index (χ1) is 9.20. The minimum absolute atomic E-state index is 0.261. The first kappa shape index (κ1) is 13.6. The van der Waals surface area contributed by atoms with E-state index in [0.29, 0.717) is 22.4 Å². The number of aromatic nitrogens is 2. The molecule has 2 N–H and O–H groups in total. The molecule has 0 saturated heterocycles. The summed E-state index contributed by atoms with van der Waals surface area (Å²) >= 11 is 6.01. The van der Waals surface area contributed by atoms with E-state index in [9.17, 15) is 5.11 Å². The van der Waals surface area contributed by atoms with Gasteiger partial charge in [-0.05, 0) is 6.07 Å². The van der Waals surface area contributed by atoms with Crippen LogP contribution in [-0.4, -0.2) is 28.7 Å². The molecule has 1 aromatic carbocycles. The molecule has 19 heavy (non-hydrogen) atoms. The van der Waals surface area contributed by atoms with Crippen LogP contribution in [-0.2, 0) is 0 Å². The van der Waals surface area contributed by atoms with Crippen molar-refractivity contribution in [2.75, 3.05) is 19.0 Å². The third-order valence-electron chi connectivity index (χ3n) is 2.56. The number of benzene rings is 1. The Morgan fingerprint density at radius 3 is 2.89 bits per heavy atom. The van der Waals surface area contributed by atoms with Gasteiger partial charge in [0.25, 0.3) is 0 Å². The van der Waals surface area contributed by atoms with Crippen LogP contribution in [0.15, 0.2) is 36.5 Å². The van der Waals surface area contributed by atoms with Crippen LogP contribution in [0.25, 0.3) is 0 Å².